The molecule has 1 fully saturated rings. The van der Waals surface area contributed by atoms with Crippen molar-refractivity contribution in [2.24, 2.45) is 0 Å². The Morgan fingerprint density at radius 2 is 1.91 bits per heavy atom. The third-order valence-corrected chi connectivity index (χ3v) is 6.68. The molecule has 1 atom stereocenters. The van der Waals surface area contributed by atoms with Crippen LogP contribution in [-0.2, 0) is 11.3 Å². The molecule has 5 heterocycles. The number of urea groups is 1. The molecule has 0 aliphatic carbocycles. The Morgan fingerprint density at radius 1 is 1.14 bits per heavy atom. The lowest BCUT2D eigenvalue weighted by Crippen LogP contribution is -2.55. The number of anilines is 1. The summed E-state index contributed by atoms with van der Waals surface area (Å²) in [4.78, 5) is 44.7. The molecule has 3 amide bonds. The lowest BCUT2D eigenvalue weighted by molar-refractivity contribution is -0.140. The molecule has 2 aliphatic rings. The molecule has 10 heteroatoms. The number of carbonyl (C=O) groups excluding carboxylic acids is 2. The Morgan fingerprint density at radius 3 is 2.57 bits per heavy atom. The molecule has 182 valence electrons. The van der Waals surface area contributed by atoms with Gasteiger partial charge in [0.2, 0.25) is 5.88 Å². The van der Waals surface area contributed by atoms with Crippen LogP contribution >= 0.6 is 0 Å². The second kappa shape index (κ2) is 9.10. The van der Waals surface area contributed by atoms with E-state index in [0.717, 1.165) is 22.5 Å². The molecule has 1 unspecified atom stereocenters. The van der Waals surface area contributed by atoms with Gasteiger partial charge in [-0.25, -0.2) is 14.8 Å². The summed E-state index contributed by atoms with van der Waals surface area (Å²) in [5.74, 6) is 0.244. The molecule has 5 rings (SSSR count). The number of hydrogen-bond acceptors (Lipinski definition) is 7. The minimum Gasteiger partial charge on any atom is -0.481 e. The number of hydrogen-bond donors (Lipinski definition) is 1. The van der Waals surface area contributed by atoms with Crippen molar-refractivity contribution >= 4 is 28.7 Å². The summed E-state index contributed by atoms with van der Waals surface area (Å²) in [6, 6.07) is 7.30. The molecule has 1 saturated heterocycles. The van der Waals surface area contributed by atoms with E-state index >= 15 is 0 Å². The molecular formula is C25H28N6O4. The first-order chi connectivity index (χ1) is 16.9. The van der Waals surface area contributed by atoms with Crippen molar-refractivity contribution in [2.75, 3.05) is 32.1 Å². The van der Waals surface area contributed by atoms with Crippen LogP contribution in [0.25, 0.3) is 22.3 Å². The van der Waals surface area contributed by atoms with Gasteiger partial charge >= 0.3 is 6.03 Å². The van der Waals surface area contributed by atoms with Gasteiger partial charge in [0, 0.05) is 55.8 Å². The van der Waals surface area contributed by atoms with E-state index in [1.54, 1.807) is 36.2 Å². The van der Waals surface area contributed by atoms with Crippen LogP contribution in [-0.4, -0.2) is 81.2 Å². The van der Waals surface area contributed by atoms with Crippen molar-refractivity contribution in [3.63, 3.8) is 0 Å². The highest BCUT2D eigenvalue weighted by atomic mass is 16.5. The summed E-state index contributed by atoms with van der Waals surface area (Å²) in [5, 5.41) is 9.67. The molecule has 10 nitrogen and oxygen atoms in total. The Balaban J connectivity index is 1.54. The number of rotatable bonds is 4. The smallest absolute Gasteiger partial charge is 0.324 e. The lowest BCUT2D eigenvalue weighted by Gasteiger charge is -2.43. The van der Waals surface area contributed by atoms with Gasteiger partial charge in [-0.15, -0.1) is 0 Å². The van der Waals surface area contributed by atoms with Crippen LogP contribution in [0.5, 0.6) is 5.88 Å². The van der Waals surface area contributed by atoms with Crippen LogP contribution in [0.15, 0.2) is 36.7 Å². The number of pyridine rings is 3. The van der Waals surface area contributed by atoms with Crippen molar-refractivity contribution in [1.29, 1.82) is 0 Å². The normalized spacial score (nSPS) is 17.5. The van der Waals surface area contributed by atoms with Crippen LogP contribution in [0.2, 0.25) is 0 Å². The minimum atomic E-state index is -1.03. The zero-order chi connectivity index (χ0) is 24.7. The van der Waals surface area contributed by atoms with Crippen LogP contribution in [0, 0.1) is 0 Å². The second-order valence-electron chi connectivity index (χ2n) is 9.03. The second-order valence-corrected chi connectivity index (χ2v) is 9.03. The number of piperidine rings is 1. The fourth-order valence-electron chi connectivity index (χ4n) is 4.84. The molecule has 0 bridgehead atoms. The fourth-order valence-corrected chi connectivity index (χ4v) is 4.84. The zero-order valence-electron chi connectivity index (χ0n) is 20.0. The van der Waals surface area contributed by atoms with Gasteiger partial charge in [-0.1, -0.05) is 0 Å². The number of fused-ring (bicyclic) bond motifs is 3. The molecule has 0 spiro atoms. The molecule has 0 aromatic carbocycles. The molecule has 3 aromatic heterocycles. The van der Waals surface area contributed by atoms with E-state index in [9.17, 15) is 14.7 Å². The number of likely N-dealkylation sites (tertiary alicyclic amines) is 1. The monoisotopic (exact) mass is 476 g/mol. The highest BCUT2D eigenvalue weighted by Gasteiger charge is 2.38. The summed E-state index contributed by atoms with van der Waals surface area (Å²) in [7, 11) is 3.35. The molecule has 0 radical (unpaired) electrons. The topological polar surface area (TPSA) is 112 Å². The number of ether oxygens (including phenoxy) is 1. The summed E-state index contributed by atoms with van der Waals surface area (Å²) < 4.78 is 5.16. The highest BCUT2D eigenvalue weighted by molar-refractivity contribution is 6.04. The standard InChI is InChI=1S/C25H28N6O4/c1-15(32)24(33)30-10-8-18(9-11-30)31-23-17(14-29(2)25(31)34)13-26-20-6-5-19(28-22(20)23)16-4-7-21(35-3)27-12-16/h4-7,12-13,15,18,32H,8-11,14H2,1-3H3. The predicted molar refractivity (Wildman–Crippen MR) is 130 cm³/mol. The first kappa shape index (κ1) is 23.0. The summed E-state index contributed by atoms with van der Waals surface area (Å²) >= 11 is 0. The zero-order valence-corrected chi connectivity index (χ0v) is 20.0. The SMILES string of the molecule is COc1ccc(-c2ccc3ncc4c(c3n2)N(C2CCN(C(=O)C(C)O)CC2)C(=O)N(C)C4)cn1. The predicted octanol–water partition coefficient (Wildman–Crippen LogP) is 2.44. The van der Waals surface area contributed by atoms with Crippen LogP contribution in [0.1, 0.15) is 25.3 Å². The summed E-state index contributed by atoms with van der Waals surface area (Å²) in [5.41, 5.74) is 4.65. The number of amides is 3. The van der Waals surface area contributed by atoms with Crippen molar-refractivity contribution in [3.8, 4) is 17.1 Å². The Labute approximate surface area is 203 Å². The van der Waals surface area contributed by atoms with Crippen molar-refractivity contribution in [3.05, 3.63) is 42.2 Å². The number of aliphatic hydroxyl groups excluding tert-OH is 1. The van der Waals surface area contributed by atoms with Crippen molar-refractivity contribution in [2.45, 2.75) is 38.5 Å². The Bertz CT molecular complexity index is 1270. The quantitative estimate of drug-likeness (QED) is 0.616. The molecular weight excluding hydrogens is 448 g/mol. The average molecular weight is 477 g/mol. The van der Waals surface area contributed by atoms with Gasteiger partial charge in [0.15, 0.2) is 0 Å². The van der Waals surface area contributed by atoms with Gasteiger partial charge < -0.3 is 19.6 Å². The maximum Gasteiger partial charge on any atom is 0.324 e. The maximum atomic E-state index is 13.4. The van der Waals surface area contributed by atoms with E-state index in [0.29, 0.717) is 49.4 Å². The lowest BCUT2D eigenvalue weighted by atomic mass is 9.99. The van der Waals surface area contributed by atoms with E-state index in [-0.39, 0.29) is 18.0 Å². The van der Waals surface area contributed by atoms with Crippen LogP contribution in [0.4, 0.5) is 10.5 Å². The van der Waals surface area contributed by atoms with Gasteiger partial charge in [-0.05, 0) is 38.0 Å². The van der Waals surface area contributed by atoms with E-state index in [1.165, 1.54) is 6.92 Å². The third kappa shape index (κ3) is 4.14. The highest BCUT2D eigenvalue weighted by Crippen LogP contribution is 2.37. The van der Waals surface area contributed by atoms with E-state index in [2.05, 4.69) is 9.97 Å². The number of aliphatic hydroxyl groups is 1. The van der Waals surface area contributed by atoms with Crippen molar-refractivity contribution in [1.82, 2.24) is 24.8 Å². The van der Waals surface area contributed by atoms with Crippen LogP contribution in [0.3, 0.4) is 0 Å². The Hall–Kier alpha value is -3.79. The fraction of sp³-hybridized carbons (Fsp3) is 0.400. The van der Waals surface area contributed by atoms with E-state index < -0.39 is 6.10 Å². The molecule has 35 heavy (non-hydrogen) atoms. The molecule has 2 aliphatic heterocycles. The molecule has 3 aromatic rings. The molecule has 1 N–H and O–H groups in total. The van der Waals surface area contributed by atoms with Gasteiger partial charge in [0.05, 0.1) is 30.6 Å². The van der Waals surface area contributed by atoms with E-state index in [1.807, 2.05) is 29.3 Å². The third-order valence-electron chi connectivity index (χ3n) is 6.68. The minimum absolute atomic E-state index is 0.0939. The first-order valence-electron chi connectivity index (χ1n) is 11.7. The van der Waals surface area contributed by atoms with E-state index in [4.69, 9.17) is 9.72 Å². The van der Waals surface area contributed by atoms with Gasteiger partial charge in [-0.2, -0.15) is 0 Å². The maximum absolute atomic E-state index is 13.4. The van der Waals surface area contributed by atoms with Crippen molar-refractivity contribution < 1.29 is 19.4 Å². The van der Waals surface area contributed by atoms with Crippen LogP contribution < -0.4 is 9.64 Å². The van der Waals surface area contributed by atoms with Gasteiger partial charge in [-0.3, -0.25) is 14.7 Å². The first-order valence-corrected chi connectivity index (χ1v) is 11.7. The number of carbonyl (C=O) groups is 2. The number of nitrogens with zero attached hydrogens (tertiary/aromatic N) is 6. The number of methoxy groups -OCH3 is 1. The summed E-state index contributed by atoms with van der Waals surface area (Å²) in [6.07, 6.45) is 3.73. The summed E-state index contributed by atoms with van der Waals surface area (Å²) in [6.45, 7) is 2.89. The molecule has 0 saturated carbocycles. The Kier molecular flexibility index (Phi) is 5.98. The average Bonchev–Trinajstić information content (AvgIpc) is 2.89. The van der Waals surface area contributed by atoms with Gasteiger partial charge in [0.25, 0.3) is 5.91 Å². The van der Waals surface area contributed by atoms with Gasteiger partial charge in [0.1, 0.15) is 11.6 Å². The number of aromatic nitrogens is 3. The largest absolute Gasteiger partial charge is 0.481 e.